The molecule has 1 aromatic rings. The van der Waals surface area contributed by atoms with Crippen molar-refractivity contribution in [3.8, 4) is 0 Å². The van der Waals surface area contributed by atoms with Crippen molar-refractivity contribution in [1.82, 2.24) is 0 Å². The molecule has 0 amide bonds. The van der Waals surface area contributed by atoms with E-state index in [0.29, 0.717) is 5.02 Å². The van der Waals surface area contributed by atoms with Crippen LogP contribution in [0.1, 0.15) is 18.4 Å². The second kappa shape index (κ2) is 7.04. The molecule has 2 N–H and O–H groups in total. The van der Waals surface area contributed by atoms with E-state index in [1.807, 2.05) is 0 Å². The lowest BCUT2D eigenvalue weighted by Crippen LogP contribution is -2.15. The summed E-state index contributed by atoms with van der Waals surface area (Å²) in [5.74, 6) is -0.546. The second-order valence-electron chi connectivity index (χ2n) is 3.53. The maximum atomic E-state index is 11.3. The minimum Gasteiger partial charge on any atom is -0.461 e. The Hall–Kier alpha value is -1.39. The molecule has 0 heterocycles. The molecule has 4 nitrogen and oxygen atoms in total. The number of esters is 1. The summed E-state index contributed by atoms with van der Waals surface area (Å²) in [6.45, 7) is 0.150. The van der Waals surface area contributed by atoms with Crippen LogP contribution in [0.25, 0.3) is 0 Å². The van der Waals surface area contributed by atoms with E-state index in [9.17, 15) is 9.59 Å². The molecular formula is C12H14ClNO3. The first-order valence-corrected chi connectivity index (χ1v) is 5.61. The van der Waals surface area contributed by atoms with Gasteiger partial charge in [-0.15, -0.1) is 0 Å². The Morgan fingerprint density at radius 3 is 2.41 bits per heavy atom. The van der Waals surface area contributed by atoms with E-state index in [-0.39, 0.29) is 31.8 Å². The minimum atomic E-state index is -0.401. The third-order valence-corrected chi connectivity index (χ3v) is 2.40. The van der Waals surface area contributed by atoms with Gasteiger partial charge >= 0.3 is 5.97 Å². The largest absolute Gasteiger partial charge is 0.461 e. The van der Waals surface area contributed by atoms with Crippen LogP contribution in [0.2, 0.25) is 5.02 Å². The SMILES string of the molecule is NCC(=O)CCC(=O)OCc1ccc(Cl)cc1. The highest BCUT2D eigenvalue weighted by Crippen LogP contribution is 2.10. The van der Waals surface area contributed by atoms with E-state index in [4.69, 9.17) is 22.1 Å². The van der Waals surface area contributed by atoms with Crippen LogP contribution in [0.3, 0.4) is 0 Å². The summed E-state index contributed by atoms with van der Waals surface area (Å²) < 4.78 is 4.99. The summed E-state index contributed by atoms with van der Waals surface area (Å²) in [5, 5.41) is 0.633. The van der Waals surface area contributed by atoms with E-state index >= 15 is 0 Å². The van der Waals surface area contributed by atoms with Gasteiger partial charge in [-0.25, -0.2) is 0 Å². The minimum absolute atomic E-state index is 0.0372. The number of nitrogens with two attached hydrogens (primary N) is 1. The molecule has 1 rings (SSSR count). The fourth-order valence-corrected chi connectivity index (χ4v) is 1.29. The molecule has 0 unspecified atom stereocenters. The third-order valence-electron chi connectivity index (χ3n) is 2.15. The van der Waals surface area contributed by atoms with Gasteiger partial charge in [-0.1, -0.05) is 23.7 Å². The van der Waals surface area contributed by atoms with Crippen molar-refractivity contribution < 1.29 is 14.3 Å². The van der Waals surface area contributed by atoms with Gasteiger partial charge < -0.3 is 10.5 Å². The van der Waals surface area contributed by atoms with Gasteiger partial charge in [0, 0.05) is 11.4 Å². The molecule has 0 spiro atoms. The molecule has 17 heavy (non-hydrogen) atoms. The summed E-state index contributed by atoms with van der Waals surface area (Å²) in [6.07, 6.45) is 0.208. The number of Topliss-reactive ketones (excluding diaryl/α,β-unsaturated/α-hetero) is 1. The molecule has 0 aliphatic carbocycles. The van der Waals surface area contributed by atoms with Crippen LogP contribution in [0.4, 0.5) is 0 Å². The summed E-state index contributed by atoms with van der Waals surface area (Å²) in [6, 6.07) is 7.01. The topological polar surface area (TPSA) is 69.4 Å². The zero-order valence-corrected chi connectivity index (χ0v) is 10.1. The van der Waals surface area contributed by atoms with E-state index in [2.05, 4.69) is 0 Å². The van der Waals surface area contributed by atoms with Crippen molar-refractivity contribution >= 4 is 23.4 Å². The number of hydrogen-bond donors (Lipinski definition) is 1. The molecular weight excluding hydrogens is 242 g/mol. The lowest BCUT2D eigenvalue weighted by molar-refractivity contribution is -0.146. The average molecular weight is 256 g/mol. The predicted molar refractivity (Wildman–Crippen MR) is 64.5 cm³/mol. The van der Waals surface area contributed by atoms with E-state index in [1.165, 1.54) is 0 Å². The Balaban J connectivity index is 2.28. The Kier molecular flexibility index (Phi) is 5.66. The number of halogens is 1. The van der Waals surface area contributed by atoms with Crippen molar-refractivity contribution in [1.29, 1.82) is 0 Å². The first-order valence-electron chi connectivity index (χ1n) is 5.23. The molecule has 0 aliphatic rings. The predicted octanol–water partition coefficient (Wildman–Crippen LogP) is 1.69. The number of hydrogen-bond acceptors (Lipinski definition) is 4. The Bertz CT molecular complexity index is 389. The lowest BCUT2D eigenvalue weighted by Gasteiger charge is -2.04. The lowest BCUT2D eigenvalue weighted by atomic mass is 10.2. The maximum absolute atomic E-state index is 11.3. The smallest absolute Gasteiger partial charge is 0.306 e. The molecule has 92 valence electrons. The van der Waals surface area contributed by atoms with Gasteiger partial charge in [-0.2, -0.15) is 0 Å². The van der Waals surface area contributed by atoms with Gasteiger partial charge in [0.15, 0.2) is 0 Å². The van der Waals surface area contributed by atoms with Crippen molar-refractivity contribution in [3.05, 3.63) is 34.9 Å². The van der Waals surface area contributed by atoms with Gasteiger partial charge in [-0.3, -0.25) is 9.59 Å². The number of ketones is 1. The van der Waals surface area contributed by atoms with E-state index < -0.39 is 5.97 Å². The van der Waals surface area contributed by atoms with Crippen molar-refractivity contribution in [2.75, 3.05) is 6.54 Å². The highest BCUT2D eigenvalue weighted by atomic mass is 35.5. The molecule has 0 saturated heterocycles. The Morgan fingerprint density at radius 1 is 1.18 bits per heavy atom. The zero-order chi connectivity index (χ0) is 12.7. The third kappa shape index (κ3) is 5.47. The van der Waals surface area contributed by atoms with Gasteiger partial charge in [0.1, 0.15) is 12.4 Å². The van der Waals surface area contributed by atoms with Gasteiger partial charge in [0.05, 0.1) is 13.0 Å². The molecule has 5 heteroatoms. The Labute approximate surface area is 105 Å². The number of carbonyl (C=O) groups excluding carboxylic acids is 2. The summed E-state index contributed by atoms with van der Waals surface area (Å²) in [5.41, 5.74) is 5.98. The number of benzene rings is 1. The summed E-state index contributed by atoms with van der Waals surface area (Å²) in [4.78, 5) is 22.1. The highest BCUT2D eigenvalue weighted by Gasteiger charge is 2.06. The summed E-state index contributed by atoms with van der Waals surface area (Å²) in [7, 11) is 0. The molecule has 0 aliphatic heterocycles. The van der Waals surface area contributed by atoms with Crippen LogP contribution in [0.5, 0.6) is 0 Å². The Morgan fingerprint density at radius 2 is 1.82 bits per heavy atom. The van der Waals surface area contributed by atoms with Crippen LogP contribution in [-0.4, -0.2) is 18.3 Å². The fraction of sp³-hybridized carbons (Fsp3) is 0.333. The average Bonchev–Trinajstić information content (AvgIpc) is 2.35. The molecule has 0 atom stereocenters. The van der Waals surface area contributed by atoms with Crippen LogP contribution in [-0.2, 0) is 20.9 Å². The molecule has 0 saturated carbocycles. The number of carbonyl (C=O) groups is 2. The van der Waals surface area contributed by atoms with Crippen LogP contribution in [0.15, 0.2) is 24.3 Å². The number of rotatable bonds is 6. The fourth-order valence-electron chi connectivity index (χ4n) is 1.16. The van der Waals surface area contributed by atoms with Crippen molar-refractivity contribution in [2.45, 2.75) is 19.4 Å². The highest BCUT2D eigenvalue weighted by molar-refractivity contribution is 6.30. The number of ether oxygens (including phenoxy) is 1. The monoisotopic (exact) mass is 255 g/mol. The standard InChI is InChI=1S/C12H14ClNO3/c13-10-3-1-9(2-4-10)8-17-12(16)6-5-11(15)7-14/h1-4H,5-8,14H2. The van der Waals surface area contributed by atoms with E-state index in [0.717, 1.165) is 5.56 Å². The van der Waals surface area contributed by atoms with Crippen molar-refractivity contribution in [2.24, 2.45) is 5.73 Å². The normalized spacial score (nSPS) is 10.0. The van der Waals surface area contributed by atoms with Crippen LogP contribution >= 0.6 is 11.6 Å². The van der Waals surface area contributed by atoms with Crippen LogP contribution in [0, 0.1) is 0 Å². The van der Waals surface area contributed by atoms with Crippen LogP contribution < -0.4 is 5.73 Å². The molecule has 0 radical (unpaired) electrons. The first-order chi connectivity index (χ1) is 8.11. The van der Waals surface area contributed by atoms with Gasteiger partial charge in [0.25, 0.3) is 0 Å². The summed E-state index contributed by atoms with van der Waals surface area (Å²) >= 11 is 5.72. The molecule has 0 fully saturated rings. The second-order valence-corrected chi connectivity index (χ2v) is 3.97. The quantitative estimate of drug-likeness (QED) is 0.786. The van der Waals surface area contributed by atoms with E-state index in [1.54, 1.807) is 24.3 Å². The first kappa shape index (κ1) is 13.7. The van der Waals surface area contributed by atoms with Crippen molar-refractivity contribution in [3.63, 3.8) is 0 Å². The van der Waals surface area contributed by atoms with Gasteiger partial charge in [-0.05, 0) is 17.7 Å². The molecule has 0 bridgehead atoms. The zero-order valence-electron chi connectivity index (χ0n) is 9.32. The maximum Gasteiger partial charge on any atom is 0.306 e. The molecule has 1 aromatic carbocycles. The molecule has 0 aromatic heterocycles. The van der Waals surface area contributed by atoms with Gasteiger partial charge in [0.2, 0.25) is 0 Å².